The molecular weight excluding hydrogens is 546 g/mol. The molecule has 8 aromatic carbocycles. The molecule has 0 fully saturated rings. The van der Waals surface area contributed by atoms with Gasteiger partial charge in [-0.15, -0.1) is 0 Å². The van der Waals surface area contributed by atoms with Gasteiger partial charge in [-0.1, -0.05) is 121 Å². The summed E-state index contributed by atoms with van der Waals surface area (Å²) >= 11 is 0. The number of hydrogen-bond donors (Lipinski definition) is 0. The zero-order valence-electron chi connectivity index (χ0n) is 24.4. The lowest BCUT2D eigenvalue weighted by molar-refractivity contribution is 1.06. The fourth-order valence-corrected chi connectivity index (χ4v) is 7.06. The summed E-state index contributed by atoms with van der Waals surface area (Å²) in [4.78, 5) is 13.7. The van der Waals surface area contributed by atoms with Gasteiger partial charge in [0.25, 0.3) is 5.56 Å². The van der Waals surface area contributed by atoms with Crippen molar-refractivity contribution in [2.45, 2.75) is 0 Å². The number of hydrogen-bond acceptors (Lipinski definition) is 1. The summed E-state index contributed by atoms with van der Waals surface area (Å²) < 4.78 is 1.83. The lowest BCUT2D eigenvalue weighted by Crippen LogP contribution is -2.19. The fourth-order valence-electron chi connectivity index (χ4n) is 7.06. The third-order valence-electron chi connectivity index (χ3n) is 9.18. The lowest BCUT2D eigenvalue weighted by Gasteiger charge is -2.15. The van der Waals surface area contributed by atoms with Gasteiger partial charge in [0, 0.05) is 16.5 Å². The van der Waals surface area contributed by atoms with E-state index < -0.39 is 0 Å². The van der Waals surface area contributed by atoms with Crippen molar-refractivity contribution in [3.63, 3.8) is 0 Å². The largest absolute Gasteiger partial charge is 0.276 e. The molecule has 0 atom stereocenters. The number of fused-ring (bicyclic) bond motifs is 9. The van der Waals surface area contributed by atoms with Crippen LogP contribution in [-0.4, -0.2) is 4.57 Å². The molecule has 0 aliphatic heterocycles. The molecule has 2 nitrogen and oxygen atoms in total. The zero-order valence-corrected chi connectivity index (χ0v) is 24.4. The predicted octanol–water partition coefficient (Wildman–Crippen LogP) is 10.9. The van der Waals surface area contributed by atoms with Crippen molar-refractivity contribution in [3.05, 3.63) is 174 Å². The first kappa shape index (κ1) is 25.5. The highest BCUT2D eigenvalue weighted by atomic mass is 16.1. The number of benzene rings is 8. The molecule has 0 unspecified atom stereocenters. The molecule has 0 spiro atoms. The van der Waals surface area contributed by atoms with E-state index in [0.717, 1.165) is 38.5 Å². The van der Waals surface area contributed by atoms with Gasteiger partial charge >= 0.3 is 0 Å². The second-order valence-corrected chi connectivity index (χ2v) is 11.7. The summed E-state index contributed by atoms with van der Waals surface area (Å²) in [7, 11) is 0. The van der Waals surface area contributed by atoms with Gasteiger partial charge in [-0.05, 0) is 102 Å². The van der Waals surface area contributed by atoms with Crippen LogP contribution in [-0.2, 0) is 0 Å². The van der Waals surface area contributed by atoms with Crippen LogP contribution < -0.4 is 5.56 Å². The Hall–Kier alpha value is -5.99. The van der Waals surface area contributed by atoms with Crippen molar-refractivity contribution >= 4 is 54.0 Å². The molecule has 0 saturated heterocycles. The molecule has 1 aromatic heterocycles. The number of nitrogens with zero attached hydrogens (tertiary/aromatic N) is 1. The van der Waals surface area contributed by atoms with Crippen LogP contribution in [0.15, 0.2) is 169 Å². The standard InChI is InChI=1S/C43H27NO/c45-43-39-20-9-8-19-37(39)41-27-31(22-24-42(41)44(43)32-13-2-1-3-14-32)29-12-10-11-28(25-29)30-21-23-38-35-17-5-4-15-33(35)34-16-6-7-18-36(34)40(38)26-30/h1-27H. The Morgan fingerprint density at radius 1 is 0.311 bits per heavy atom. The van der Waals surface area contributed by atoms with E-state index in [-0.39, 0.29) is 5.56 Å². The maximum Gasteiger partial charge on any atom is 0.263 e. The van der Waals surface area contributed by atoms with E-state index in [0.29, 0.717) is 0 Å². The Morgan fingerprint density at radius 3 is 1.38 bits per heavy atom. The highest BCUT2D eigenvalue weighted by Crippen LogP contribution is 2.38. The minimum Gasteiger partial charge on any atom is -0.276 e. The van der Waals surface area contributed by atoms with E-state index in [1.807, 2.05) is 53.1 Å². The molecule has 0 radical (unpaired) electrons. The van der Waals surface area contributed by atoms with Crippen molar-refractivity contribution in [1.82, 2.24) is 4.57 Å². The first-order valence-electron chi connectivity index (χ1n) is 15.3. The van der Waals surface area contributed by atoms with Gasteiger partial charge in [0.05, 0.1) is 5.52 Å². The van der Waals surface area contributed by atoms with Crippen molar-refractivity contribution in [3.8, 4) is 27.9 Å². The minimum atomic E-state index is -0.00402. The Morgan fingerprint density at radius 2 is 0.756 bits per heavy atom. The second-order valence-electron chi connectivity index (χ2n) is 11.7. The van der Waals surface area contributed by atoms with Crippen LogP contribution >= 0.6 is 0 Å². The average Bonchev–Trinajstić information content (AvgIpc) is 3.12. The molecule has 0 aliphatic carbocycles. The van der Waals surface area contributed by atoms with Crippen LogP contribution in [0, 0.1) is 0 Å². The first-order chi connectivity index (χ1) is 22.2. The van der Waals surface area contributed by atoms with Crippen molar-refractivity contribution in [2.75, 3.05) is 0 Å². The molecule has 2 heteroatoms. The Kier molecular flexibility index (Phi) is 5.69. The zero-order chi connectivity index (χ0) is 29.9. The van der Waals surface area contributed by atoms with E-state index in [1.54, 1.807) is 0 Å². The van der Waals surface area contributed by atoms with Crippen LogP contribution in [0.1, 0.15) is 0 Å². The monoisotopic (exact) mass is 573 g/mol. The highest BCUT2D eigenvalue weighted by Gasteiger charge is 2.14. The lowest BCUT2D eigenvalue weighted by atomic mass is 9.91. The van der Waals surface area contributed by atoms with Crippen LogP contribution in [0.25, 0.3) is 81.9 Å². The van der Waals surface area contributed by atoms with Crippen LogP contribution in [0.4, 0.5) is 0 Å². The topological polar surface area (TPSA) is 22.0 Å². The van der Waals surface area contributed by atoms with Crippen LogP contribution in [0.3, 0.4) is 0 Å². The maximum absolute atomic E-state index is 13.7. The van der Waals surface area contributed by atoms with Gasteiger partial charge < -0.3 is 0 Å². The molecule has 0 aliphatic rings. The Labute approximate surface area is 260 Å². The summed E-state index contributed by atoms with van der Waals surface area (Å²) in [6, 6.07) is 57.3. The maximum atomic E-state index is 13.7. The summed E-state index contributed by atoms with van der Waals surface area (Å²) in [5, 5.41) is 10.4. The Balaban J connectivity index is 1.23. The van der Waals surface area contributed by atoms with Gasteiger partial charge in [-0.25, -0.2) is 0 Å². The molecular formula is C43H27NO. The third kappa shape index (κ3) is 4.00. The van der Waals surface area contributed by atoms with Crippen LogP contribution in [0.5, 0.6) is 0 Å². The molecule has 45 heavy (non-hydrogen) atoms. The highest BCUT2D eigenvalue weighted by molar-refractivity contribution is 6.25. The molecule has 0 saturated carbocycles. The van der Waals surface area contributed by atoms with Crippen molar-refractivity contribution in [1.29, 1.82) is 0 Å². The van der Waals surface area contributed by atoms with Gasteiger partial charge in [0.15, 0.2) is 0 Å². The normalized spacial score (nSPS) is 11.6. The number of rotatable bonds is 3. The molecule has 210 valence electrons. The second kappa shape index (κ2) is 10.0. The number of para-hydroxylation sites is 1. The van der Waals surface area contributed by atoms with E-state index >= 15 is 0 Å². The summed E-state index contributed by atoms with van der Waals surface area (Å²) in [6.45, 7) is 0. The molecule has 0 bridgehead atoms. The minimum absolute atomic E-state index is 0.00402. The third-order valence-corrected chi connectivity index (χ3v) is 9.18. The van der Waals surface area contributed by atoms with Crippen LogP contribution in [0.2, 0.25) is 0 Å². The van der Waals surface area contributed by atoms with E-state index in [9.17, 15) is 4.79 Å². The van der Waals surface area contributed by atoms with Crippen molar-refractivity contribution in [2.24, 2.45) is 0 Å². The fraction of sp³-hybridized carbons (Fsp3) is 0. The van der Waals surface area contributed by atoms with Gasteiger partial charge in [0.2, 0.25) is 0 Å². The van der Waals surface area contributed by atoms with E-state index in [4.69, 9.17) is 0 Å². The summed E-state index contributed by atoms with van der Waals surface area (Å²) in [5.41, 5.74) is 6.38. The predicted molar refractivity (Wildman–Crippen MR) is 190 cm³/mol. The SMILES string of the molecule is O=c1c2ccccc2c2cc(-c3cccc(-c4ccc5c6ccccc6c6ccccc6c5c4)c3)ccc2n1-c1ccccc1. The molecule has 1 heterocycles. The number of pyridine rings is 1. The van der Waals surface area contributed by atoms with E-state index in [1.165, 1.54) is 43.4 Å². The molecule has 9 aromatic rings. The van der Waals surface area contributed by atoms with Gasteiger partial charge in [-0.3, -0.25) is 9.36 Å². The van der Waals surface area contributed by atoms with E-state index in [2.05, 4.69) is 115 Å². The summed E-state index contributed by atoms with van der Waals surface area (Å²) in [5.74, 6) is 0. The first-order valence-corrected chi connectivity index (χ1v) is 15.3. The average molecular weight is 574 g/mol. The van der Waals surface area contributed by atoms with Gasteiger partial charge in [-0.2, -0.15) is 0 Å². The number of aromatic nitrogens is 1. The van der Waals surface area contributed by atoms with Crippen molar-refractivity contribution < 1.29 is 0 Å². The van der Waals surface area contributed by atoms with Gasteiger partial charge in [0.1, 0.15) is 0 Å². The quantitative estimate of drug-likeness (QED) is 0.193. The molecule has 0 amide bonds. The summed E-state index contributed by atoms with van der Waals surface area (Å²) in [6.07, 6.45) is 0. The molecule has 9 rings (SSSR count). The Bertz CT molecular complexity index is 2630. The molecule has 0 N–H and O–H groups in total. The smallest absolute Gasteiger partial charge is 0.263 e.